The summed E-state index contributed by atoms with van der Waals surface area (Å²) in [7, 11) is 0. The van der Waals surface area contributed by atoms with Crippen molar-refractivity contribution in [2.75, 3.05) is 37.6 Å². The number of oxazole rings is 1. The number of Topliss-reactive ketones (excluding diaryl/α,β-unsaturated/α-hetero) is 1. The highest BCUT2D eigenvalue weighted by atomic mass is 16.4. The lowest BCUT2D eigenvalue weighted by Crippen LogP contribution is -2.48. The van der Waals surface area contributed by atoms with Crippen molar-refractivity contribution in [1.29, 1.82) is 5.26 Å². The van der Waals surface area contributed by atoms with Crippen molar-refractivity contribution in [3.63, 3.8) is 0 Å². The van der Waals surface area contributed by atoms with E-state index in [1.807, 2.05) is 24.8 Å². The maximum absolute atomic E-state index is 12.6. The molecule has 3 aromatic rings. The number of hydrogen-bond acceptors (Lipinski definition) is 7. The fraction of sp³-hybridized carbons (Fsp3) is 0.350. The first-order valence-electron chi connectivity index (χ1n) is 9.16. The Hall–Kier alpha value is -3.31. The Morgan fingerprint density at radius 2 is 2.11 bits per heavy atom. The summed E-state index contributed by atoms with van der Waals surface area (Å²) in [6, 6.07) is 7.48. The summed E-state index contributed by atoms with van der Waals surface area (Å²) in [4.78, 5) is 24.1. The third kappa shape index (κ3) is 3.44. The summed E-state index contributed by atoms with van der Waals surface area (Å²) in [6.45, 7) is 6.96. The maximum Gasteiger partial charge on any atom is 0.266 e. The molecule has 8 heteroatoms. The van der Waals surface area contributed by atoms with Crippen molar-refractivity contribution in [2.24, 2.45) is 0 Å². The number of furan rings is 1. The number of nitrogens with one attached hydrogen (secondary N) is 1. The molecule has 0 amide bonds. The van der Waals surface area contributed by atoms with E-state index in [9.17, 15) is 10.1 Å². The molecular weight excluding hydrogens is 358 g/mol. The van der Waals surface area contributed by atoms with Crippen molar-refractivity contribution < 1.29 is 13.6 Å². The molecule has 0 unspecified atom stereocenters. The van der Waals surface area contributed by atoms with Crippen LogP contribution in [-0.4, -0.2) is 53.4 Å². The van der Waals surface area contributed by atoms with E-state index in [0.29, 0.717) is 50.3 Å². The Morgan fingerprint density at radius 1 is 1.32 bits per heavy atom. The molecule has 8 nitrogen and oxygen atoms in total. The van der Waals surface area contributed by atoms with Gasteiger partial charge in [0, 0.05) is 43.1 Å². The van der Waals surface area contributed by atoms with Crippen LogP contribution in [0.15, 0.2) is 33.3 Å². The third-order valence-corrected chi connectivity index (χ3v) is 4.92. The smallest absolute Gasteiger partial charge is 0.266 e. The number of aryl methyl sites for hydroxylation is 2. The monoisotopic (exact) mass is 379 g/mol. The van der Waals surface area contributed by atoms with E-state index in [2.05, 4.69) is 20.9 Å². The standard InChI is InChI=1S/C20H21N5O3/c1-13-10-15(14(2)22-13)17(26)12-24-5-7-25(8-6-24)20-16(11-21)23-19(28-20)18-4-3-9-27-18/h3-4,9-10,22H,5-8,12H2,1-2H3. The number of carbonyl (C=O) groups is 1. The lowest BCUT2D eigenvalue weighted by Gasteiger charge is -2.34. The van der Waals surface area contributed by atoms with E-state index in [-0.39, 0.29) is 11.5 Å². The van der Waals surface area contributed by atoms with Crippen molar-refractivity contribution in [1.82, 2.24) is 14.9 Å². The van der Waals surface area contributed by atoms with Crippen LogP contribution in [-0.2, 0) is 0 Å². The number of aromatic amines is 1. The van der Waals surface area contributed by atoms with E-state index in [0.717, 1.165) is 17.0 Å². The molecule has 3 aromatic heterocycles. The topological polar surface area (TPSA) is 102 Å². The Kier molecular flexibility index (Phi) is 4.75. The van der Waals surface area contributed by atoms with Gasteiger partial charge in [-0.25, -0.2) is 0 Å². The quantitative estimate of drug-likeness (QED) is 0.680. The van der Waals surface area contributed by atoms with E-state index >= 15 is 0 Å². The molecule has 1 aliphatic heterocycles. The number of carbonyl (C=O) groups excluding carboxylic acids is 1. The van der Waals surface area contributed by atoms with E-state index in [1.165, 1.54) is 6.26 Å². The summed E-state index contributed by atoms with van der Waals surface area (Å²) in [5.74, 6) is 1.36. The first kappa shape index (κ1) is 18.1. The number of nitriles is 1. The fourth-order valence-corrected chi connectivity index (χ4v) is 3.52. The van der Waals surface area contributed by atoms with Gasteiger partial charge in [0.2, 0.25) is 11.6 Å². The molecule has 1 fully saturated rings. The molecule has 1 saturated heterocycles. The van der Waals surface area contributed by atoms with Gasteiger partial charge in [-0.3, -0.25) is 9.69 Å². The highest BCUT2D eigenvalue weighted by Gasteiger charge is 2.26. The minimum Gasteiger partial charge on any atom is -0.459 e. The van der Waals surface area contributed by atoms with Crippen LogP contribution in [0.1, 0.15) is 27.4 Å². The fourth-order valence-electron chi connectivity index (χ4n) is 3.52. The molecule has 4 heterocycles. The van der Waals surface area contributed by atoms with Crippen LogP contribution in [0.3, 0.4) is 0 Å². The van der Waals surface area contributed by atoms with Crippen LogP contribution in [0.4, 0.5) is 5.88 Å². The van der Waals surface area contributed by atoms with Crippen LogP contribution in [0.5, 0.6) is 0 Å². The van der Waals surface area contributed by atoms with Crippen molar-refractivity contribution >= 4 is 11.7 Å². The summed E-state index contributed by atoms with van der Waals surface area (Å²) in [5.41, 5.74) is 2.90. The van der Waals surface area contributed by atoms with Gasteiger partial charge in [-0.1, -0.05) is 0 Å². The minimum absolute atomic E-state index is 0.118. The Labute approximate surface area is 162 Å². The summed E-state index contributed by atoms with van der Waals surface area (Å²) in [6.07, 6.45) is 1.54. The number of ketones is 1. The summed E-state index contributed by atoms with van der Waals surface area (Å²) >= 11 is 0. The van der Waals surface area contributed by atoms with Crippen LogP contribution >= 0.6 is 0 Å². The third-order valence-electron chi connectivity index (χ3n) is 4.92. The molecule has 1 aliphatic rings. The lowest BCUT2D eigenvalue weighted by molar-refractivity contribution is 0.0925. The number of H-pyrrole nitrogens is 1. The number of hydrogen-bond donors (Lipinski definition) is 1. The Balaban J connectivity index is 1.41. The molecule has 4 rings (SSSR count). The molecule has 0 atom stereocenters. The van der Waals surface area contributed by atoms with Gasteiger partial charge in [0.25, 0.3) is 5.89 Å². The van der Waals surface area contributed by atoms with Crippen molar-refractivity contribution in [3.05, 3.63) is 47.1 Å². The number of anilines is 1. The molecule has 0 spiro atoms. The Morgan fingerprint density at radius 3 is 2.71 bits per heavy atom. The van der Waals surface area contributed by atoms with Crippen LogP contribution in [0.25, 0.3) is 11.7 Å². The lowest BCUT2D eigenvalue weighted by atomic mass is 10.1. The van der Waals surface area contributed by atoms with Crippen LogP contribution in [0.2, 0.25) is 0 Å². The second kappa shape index (κ2) is 7.37. The number of nitrogens with zero attached hydrogens (tertiary/aromatic N) is 4. The van der Waals surface area contributed by atoms with Crippen LogP contribution in [0, 0.1) is 25.2 Å². The molecule has 28 heavy (non-hydrogen) atoms. The second-order valence-electron chi connectivity index (χ2n) is 6.94. The number of rotatable bonds is 5. The van der Waals surface area contributed by atoms with Gasteiger partial charge in [-0.15, -0.1) is 0 Å². The van der Waals surface area contributed by atoms with Crippen LogP contribution < -0.4 is 4.90 Å². The largest absolute Gasteiger partial charge is 0.459 e. The number of piperazine rings is 1. The predicted octanol–water partition coefficient (Wildman–Crippen LogP) is 2.76. The highest BCUT2D eigenvalue weighted by Crippen LogP contribution is 2.29. The van der Waals surface area contributed by atoms with Gasteiger partial charge >= 0.3 is 0 Å². The highest BCUT2D eigenvalue weighted by molar-refractivity contribution is 5.98. The van der Waals surface area contributed by atoms with Crippen molar-refractivity contribution in [2.45, 2.75) is 13.8 Å². The molecule has 0 aliphatic carbocycles. The molecule has 0 radical (unpaired) electrons. The maximum atomic E-state index is 12.6. The predicted molar refractivity (Wildman–Crippen MR) is 102 cm³/mol. The van der Waals surface area contributed by atoms with E-state index < -0.39 is 0 Å². The van der Waals surface area contributed by atoms with Gasteiger partial charge in [0.1, 0.15) is 6.07 Å². The summed E-state index contributed by atoms with van der Waals surface area (Å²) < 4.78 is 11.1. The SMILES string of the molecule is Cc1cc(C(=O)CN2CCN(c3oc(-c4ccco4)nc3C#N)CC2)c(C)[nH]1. The second-order valence-corrected chi connectivity index (χ2v) is 6.94. The molecule has 0 saturated carbocycles. The van der Waals surface area contributed by atoms with E-state index in [4.69, 9.17) is 8.83 Å². The zero-order valence-electron chi connectivity index (χ0n) is 15.9. The van der Waals surface area contributed by atoms with Crippen molar-refractivity contribution in [3.8, 4) is 17.7 Å². The Bertz CT molecular complexity index is 1020. The van der Waals surface area contributed by atoms with E-state index in [1.54, 1.807) is 12.1 Å². The van der Waals surface area contributed by atoms with Gasteiger partial charge in [-0.2, -0.15) is 10.2 Å². The summed E-state index contributed by atoms with van der Waals surface area (Å²) in [5, 5.41) is 9.40. The zero-order chi connectivity index (χ0) is 19.7. The van der Waals surface area contributed by atoms with Gasteiger partial charge in [-0.05, 0) is 32.0 Å². The van der Waals surface area contributed by atoms with Gasteiger partial charge < -0.3 is 18.7 Å². The zero-order valence-corrected chi connectivity index (χ0v) is 15.9. The molecule has 1 N–H and O–H groups in total. The average Bonchev–Trinajstić information content (AvgIpc) is 3.41. The molecular formula is C20H21N5O3. The van der Waals surface area contributed by atoms with Gasteiger partial charge in [0.15, 0.2) is 11.5 Å². The van der Waals surface area contributed by atoms with Gasteiger partial charge in [0.05, 0.1) is 12.8 Å². The molecule has 144 valence electrons. The number of aromatic nitrogens is 2. The molecule has 0 bridgehead atoms. The average molecular weight is 379 g/mol. The molecule has 0 aromatic carbocycles. The normalized spacial score (nSPS) is 15.0. The minimum atomic E-state index is 0.118. The first-order chi connectivity index (χ1) is 13.5. The first-order valence-corrected chi connectivity index (χ1v) is 9.16.